The van der Waals surface area contributed by atoms with Crippen LogP contribution in [0.5, 0.6) is 5.75 Å². The smallest absolute Gasteiger partial charge is 0.308 e. The fraction of sp³-hybridized carbons (Fsp3) is 0.458. The summed E-state index contributed by atoms with van der Waals surface area (Å²) in [6.07, 6.45) is 3.63. The number of carbonyl (C=O) groups excluding carboxylic acids is 1. The Morgan fingerprint density at radius 1 is 0.968 bits per heavy atom. The Balaban J connectivity index is 2.20. The molecule has 2 aromatic carbocycles. The summed E-state index contributed by atoms with van der Waals surface area (Å²) in [7, 11) is -3.58. The lowest BCUT2D eigenvalue weighted by Crippen LogP contribution is -2.35. The fourth-order valence-corrected chi connectivity index (χ4v) is 3.83. The molecule has 0 bridgehead atoms. The Labute approximate surface area is 185 Å². The molecule has 0 aliphatic rings. The Morgan fingerprint density at radius 2 is 1.52 bits per heavy atom. The van der Waals surface area contributed by atoms with Gasteiger partial charge in [0, 0.05) is 19.0 Å². The molecule has 0 radical (unpaired) electrons. The van der Waals surface area contributed by atoms with Gasteiger partial charge in [-0.15, -0.1) is 0 Å². The number of rotatable bonds is 12. The first kappa shape index (κ1) is 24.9. The summed E-state index contributed by atoms with van der Waals surface area (Å²) in [4.78, 5) is 15.1. The molecule has 2 rings (SSSR count). The quantitative estimate of drug-likeness (QED) is 0.413. The molecule has 0 N–H and O–H groups in total. The van der Waals surface area contributed by atoms with Gasteiger partial charge >= 0.3 is 10.1 Å². The SMILES string of the molecule is CCCC[C@H](CC)C(=O)N(Cc1ccc(F)cc1)Cc1ccc(OS(=O)(=O)CC)cc1. The second-order valence-electron chi connectivity index (χ2n) is 7.64. The van der Waals surface area contributed by atoms with Crippen molar-refractivity contribution in [2.45, 2.75) is 59.5 Å². The topological polar surface area (TPSA) is 63.7 Å². The standard InChI is InChI=1S/C24H32FNO4S/c1-4-7-8-21(5-2)24(27)26(17-19-9-13-22(25)14-10-19)18-20-11-15-23(16-12-20)30-31(28,29)6-3/h9-16,21H,4-8,17-18H2,1-3H3/t21-/m0/s1. The van der Waals surface area contributed by atoms with Gasteiger partial charge < -0.3 is 9.08 Å². The van der Waals surface area contributed by atoms with Crippen LogP contribution in [0.15, 0.2) is 48.5 Å². The molecule has 2 aromatic rings. The summed E-state index contributed by atoms with van der Waals surface area (Å²) in [6, 6.07) is 12.9. The number of halogens is 1. The van der Waals surface area contributed by atoms with E-state index in [4.69, 9.17) is 4.18 Å². The maximum absolute atomic E-state index is 13.3. The number of hydrogen-bond acceptors (Lipinski definition) is 4. The van der Waals surface area contributed by atoms with Crippen molar-refractivity contribution in [3.8, 4) is 5.75 Å². The van der Waals surface area contributed by atoms with E-state index in [0.717, 1.165) is 36.8 Å². The van der Waals surface area contributed by atoms with E-state index < -0.39 is 10.1 Å². The molecule has 0 heterocycles. The van der Waals surface area contributed by atoms with Crippen molar-refractivity contribution in [2.75, 3.05) is 5.75 Å². The Bertz CT molecular complexity index is 927. The molecule has 0 saturated heterocycles. The van der Waals surface area contributed by atoms with Crippen molar-refractivity contribution in [2.24, 2.45) is 5.92 Å². The van der Waals surface area contributed by atoms with Crippen LogP contribution in [0.25, 0.3) is 0 Å². The van der Waals surface area contributed by atoms with Crippen molar-refractivity contribution in [3.05, 3.63) is 65.5 Å². The monoisotopic (exact) mass is 449 g/mol. The first-order chi connectivity index (χ1) is 14.8. The van der Waals surface area contributed by atoms with Gasteiger partial charge in [-0.2, -0.15) is 8.42 Å². The lowest BCUT2D eigenvalue weighted by Gasteiger charge is -2.27. The zero-order valence-electron chi connectivity index (χ0n) is 18.5. The van der Waals surface area contributed by atoms with Gasteiger partial charge in [0.2, 0.25) is 5.91 Å². The van der Waals surface area contributed by atoms with Crippen LogP contribution in [0.3, 0.4) is 0 Å². The lowest BCUT2D eigenvalue weighted by molar-refractivity contribution is -0.137. The molecule has 5 nitrogen and oxygen atoms in total. The van der Waals surface area contributed by atoms with Crippen LogP contribution in [-0.4, -0.2) is 25.0 Å². The first-order valence-corrected chi connectivity index (χ1v) is 12.4. The van der Waals surface area contributed by atoms with Gasteiger partial charge in [0.05, 0.1) is 5.75 Å². The molecule has 31 heavy (non-hydrogen) atoms. The average Bonchev–Trinajstić information content (AvgIpc) is 2.76. The van der Waals surface area contributed by atoms with Gasteiger partial charge in [-0.1, -0.05) is 51.0 Å². The van der Waals surface area contributed by atoms with E-state index in [1.54, 1.807) is 41.3 Å². The summed E-state index contributed by atoms with van der Waals surface area (Å²) in [6.45, 7) is 6.40. The highest BCUT2D eigenvalue weighted by Crippen LogP contribution is 2.21. The van der Waals surface area contributed by atoms with Crippen LogP contribution in [0.2, 0.25) is 0 Å². The van der Waals surface area contributed by atoms with E-state index in [-0.39, 0.29) is 29.1 Å². The van der Waals surface area contributed by atoms with E-state index in [9.17, 15) is 17.6 Å². The second kappa shape index (κ2) is 11.8. The van der Waals surface area contributed by atoms with Gasteiger partial charge in [0.1, 0.15) is 11.6 Å². The zero-order valence-corrected chi connectivity index (χ0v) is 19.3. The Kier molecular flexibility index (Phi) is 9.49. The maximum Gasteiger partial charge on any atom is 0.308 e. The summed E-state index contributed by atoms with van der Waals surface area (Å²) in [5.41, 5.74) is 1.72. The molecule has 0 unspecified atom stereocenters. The van der Waals surface area contributed by atoms with Crippen molar-refractivity contribution >= 4 is 16.0 Å². The van der Waals surface area contributed by atoms with E-state index in [1.165, 1.54) is 19.1 Å². The number of amides is 1. The molecule has 7 heteroatoms. The molecule has 1 atom stereocenters. The largest absolute Gasteiger partial charge is 0.382 e. The fourth-order valence-electron chi connectivity index (χ4n) is 3.31. The minimum atomic E-state index is -3.58. The molecule has 170 valence electrons. The molecular formula is C24H32FNO4S. The highest BCUT2D eigenvalue weighted by molar-refractivity contribution is 7.87. The predicted molar refractivity (Wildman–Crippen MR) is 120 cm³/mol. The van der Waals surface area contributed by atoms with Crippen LogP contribution in [0, 0.1) is 11.7 Å². The van der Waals surface area contributed by atoms with Gasteiger partial charge in [-0.25, -0.2) is 4.39 Å². The maximum atomic E-state index is 13.3. The number of benzene rings is 2. The minimum absolute atomic E-state index is 0.0577. The van der Waals surface area contributed by atoms with E-state index >= 15 is 0 Å². The van der Waals surface area contributed by atoms with Gasteiger partial charge in [-0.05, 0) is 55.2 Å². The third-order valence-corrected chi connectivity index (χ3v) is 6.37. The van der Waals surface area contributed by atoms with Gasteiger partial charge in [-0.3, -0.25) is 4.79 Å². The van der Waals surface area contributed by atoms with E-state index in [1.807, 2.05) is 6.92 Å². The van der Waals surface area contributed by atoms with Crippen molar-refractivity contribution in [3.63, 3.8) is 0 Å². The summed E-state index contributed by atoms with van der Waals surface area (Å²) >= 11 is 0. The third kappa shape index (κ3) is 7.98. The molecule has 0 aliphatic carbocycles. The van der Waals surface area contributed by atoms with Crippen molar-refractivity contribution in [1.29, 1.82) is 0 Å². The molecule has 0 spiro atoms. The van der Waals surface area contributed by atoms with Gasteiger partial charge in [0.15, 0.2) is 0 Å². The summed E-state index contributed by atoms with van der Waals surface area (Å²) in [5, 5.41) is 0. The van der Waals surface area contributed by atoms with Crippen LogP contribution in [-0.2, 0) is 28.0 Å². The van der Waals surface area contributed by atoms with E-state index in [0.29, 0.717) is 13.1 Å². The molecule has 0 aliphatic heterocycles. The summed E-state index contributed by atoms with van der Waals surface area (Å²) in [5.74, 6) is -0.151. The summed E-state index contributed by atoms with van der Waals surface area (Å²) < 4.78 is 41.6. The highest BCUT2D eigenvalue weighted by Gasteiger charge is 2.23. The minimum Gasteiger partial charge on any atom is -0.382 e. The first-order valence-electron chi connectivity index (χ1n) is 10.8. The molecule has 0 aromatic heterocycles. The van der Waals surface area contributed by atoms with Crippen LogP contribution in [0.4, 0.5) is 4.39 Å². The molecular weight excluding hydrogens is 417 g/mol. The molecule has 1 amide bonds. The molecule has 0 fully saturated rings. The van der Waals surface area contributed by atoms with Crippen LogP contribution in [0.1, 0.15) is 57.6 Å². The number of hydrogen-bond donors (Lipinski definition) is 0. The van der Waals surface area contributed by atoms with Crippen LogP contribution < -0.4 is 4.18 Å². The predicted octanol–water partition coefficient (Wildman–Crippen LogP) is 5.30. The highest BCUT2D eigenvalue weighted by atomic mass is 32.2. The molecule has 0 saturated carbocycles. The van der Waals surface area contributed by atoms with Crippen molar-refractivity contribution < 1.29 is 21.8 Å². The third-order valence-electron chi connectivity index (χ3n) is 5.22. The number of unbranched alkanes of at least 4 members (excludes halogenated alkanes) is 1. The normalized spacial score (nSPS) is 12.4. The lowest BCUT2D eigenvalue weighted by atomic mass is 9.97. The number of carbonyl (C=O) groups is 1. The van der Waals surface area contributed by atoms with E-state index in [2.05, 4.69) is 6.92 Å². The van der Waals surface area contributed by atoms with Crippen LogP contribution >= 0.6 is 0 Å². The second-order valence-corrected chi connectivity index (χ2v) is 9.50. The van der Waals surface area contributed by atoms with Crippen molar-refractivity contribution in [1.82, 2.24) is 4.90 Å². The van der Waals surface area contributed by atoms with Gasteiger partial charge in [0.25, 0.3) is 0 Å². The zero-order chi connectivity index (χ0) is 22.9. The average molecular weight is 450 g/mol. The number of nitrogens with zero attached hydrogens (tertiary/aromatic N) is 1. The Hall–Kier alpha value is -2.41. The Morgan fingerprint density at radius 3 is 2.00 bits per heavy atom.